The standard InChI is InChI=1S/C26H22N2O4/c1-16(29)28-12-11-17-7-3-4-8-18(17)22(28)15-26(30)27-21-14-24-20(13-25(21)31-2)19-9-5-6-10-23(19)32-24/h3-14,22H,15H2,1-2H3,(H,27,30)/t22-/m1/s1. The van der Waals surface area contributed by atoms with E-state index in [-0.39, 0.29) is 24.3 Å². The third-order valence-corrected chi connectivity index (χ3v) is 5.82. The number of para-hydroxylation sites is 1. The molecule has 1 aromatic heterocycles. The summed E-state index contributed by atoms with van der Waals surface area (Å²) in [5.41, 5.74) is 3.91. The lowest BCUT2D eigenvalue weighted by atomic mass is 9.93. The van der Waals surface area contributed by atoms with Gasteiger partial charge >= 0.3 is 0 Å². The van der Waals surface area contributed by atoms with E-state index in [0.717, 1.165) is 27.5 Å². The Morgan fingerprint density at radius 2 is 1.81 bits per heavy atom. The molecule has 3 aromatic carbocycles. The first kappa shape index (κ1) is 19.9. The number of methoxy groups -OCH3 is 1. The van der Waals surface area contributed by atoms with Crippen LogP contribution in [0, 0.1) is 0 Å². The van der Waals surface area contributed by atoms with E-state index < -0.39 is 0 Å². The molecule has 0 fully saturated rings. The number of carbonyl (C=O) groups excluding carboxylic acids is 2. The van der Waals surface area contributed by atoms with Crippen LogP contribution < -0.4 is 10.1 Å². The Kier molecular flexibility index (Phi) is 4.90. The Labute approximate surface area is 185 Å². The minimum atomic E-state index is -0.380. The number of carbonyl (C=O) groups is 2. The van der Waals surface area contributed by atoms with Gasteiger partial charge < -0.3 is 19.4 Å². The highest BCUT2D eigenvalue weighted by molar-refractivity contribution is 6.07. The van der Waals surface area contributed by atoms with Crippen LogP contribution in [0.3, 0.4) is 0 Å². The fourth-order valence-electron chi connectivity index (χ4n) is 4.31. The number of benzene rings is 3. The van der Waals surface area contributed by atoms with Gasteiger partial charge in [-0.1, -0.05) is 42.5 Å². The molecule has 0 radical (unpaired) electrons. The van der Waals surface area contributed by atoms with Crippen LogP contribution in [0.1, 0.15) is 30.5 Å². The van der Waals surface area contributed by atoms with Gasteiger partial charge in [-0.2, -0.15) is 0 Å². The summed E-state index contributed by atoms with van der Waals surface area (Å²) in [7, 11) is 1.57. The van der Waals surface area contributed by atoms with Crippen molar-refractivity contribution in [3.05, 3.63) is 78.0 Å². The minimum Gasteiger partial charge on any atom is -0.495 e. The van der Waals surface area contributed by atoms with Gasteiger partial charge in [0, 0.05) is 30.0 Å². The SMILES string of the molecule is COc1cc2c(cc1NC(=O)C[C@@H]1c3ccccc3C=CN1C(C)=O)oc1ccccc12. The molecule has 4 aromatic rings. The molecule has 0 spiro atoms. The highest BCUT2D eigenvalue weighted by Crippen LogP contribution is 2.37. The third kappa shape index (κ3) is 3.39. The first-order valence-corrected chi connectivity index (χ1v) is 10.4. The normalized spacial score (nSPS) is 15.1. The molecule has 160 valence electrons. The summed E-state index contributed by atoms with van der Waals surface area (Å²) in [5.74, 6) is 0.208. The maximum atomic E-state index is 13.1. The minimum absolute atomic E-state index is 0.113. The lowest BCUT2D eigenvalue weighted by Crippen LogP contribution is -2.33. The molecule has 2 amide bonds. The molecule has 0 saturated carbocycles. The zero-order valence-corrected chi connectivity index (χ0v) is 17.8. The zero-order valence-electron chi connectivity index (χ0n) is 17.8. The molecule has 1 N–H and O–H groups in total. The molecule has 2 heterocycles. The number of rotatable bonds is 4. The van der Waals surface area contributed by atoms with E-state index in [1.807, 2.05) is 60.7 Å². The molecule has 0 bridgehead atoms. The van der Waals surface area contributed by atoms with Crippen LogP contribution in [0.4, 0.5) is 5.69 Å². The van der Waals surface area contributed by atoms with Crippen LogP contribution in [-0.4, -0.2) is 23.8 Å². The number of amides is 2. The van der Waals surface area contributed by atoms with Crippen LogP contribution in [-0.2, 0) is 9.59 Å². The van der Waals surface area contributed by atoms with Crippen molar-refractivity contribution < 1.29 is 18.7 Å². The predicted octanol–water partition coefficient (Wildman–Crippen LogP) is 5.50. The number of furan rings is 1. The van der Waals surface area contributed by atoms with E-state index in [4.69, 9.17) is 9.15 Å². The maximum absolute atomic E-state index is 13.1. The topological polar surface area (TPSA) is 71.8 Å². The van der Waals surface area contributed by atoms with Crippen molar-refractivity contribution in [3.63, 3.8) is 0 Å². The Hall–Kier alpha value is -4.06. The Balaban J connectivity index is 1.46. The van der Waals surface area contributed by atoms with Crippen molar-refractivity contribution in [2.45, 2.75) is 19.4 Å². The highest BCUT2D eigenvalue weighted by atomic mass is 16.5. The number of nitrogens with zero attached hydrogens (tertiary/aromatic N) is 1. The average molecular weight is 426 g/mol. The summed E-state index contributed by atoms with van der Waals surface area (Å²) in [5, 5.41) is 4.86. The molecule has 1 aliphatic rings. The van der Waals surface area contributed by atoms with E-state index in [1.165, 1.54) is 6.92 Å². The predicted molar refractivity (Wildman–Crippen MR) is 124 cm³/mol. The summed E-state index contributed by atoms with van der Waals surface area (Å²) in [4.78, 5) is 26.9. The van der Waals surface area contributed by atoms with Crippen LogP contribution in [0.25, 0.3) is 28.0 Å². The number of anilines is 1. The van der Waals surface area contributed by atoms with Gasteiger partial charge in [0.05, 0.1) is 25.3 Å². The van der Waals surface area contributed by atoms with Crippen LogP contribution in [0.15, 0.2) is 71.3 Å². The van der Waals surface area contributed by atoms with Gasteiger partial charge in [-0.05, 0) is 29.3 Å². The quantitative estimate of drug-likeness (QED) is 0.468. The lowest BCUT2D eigenvalue weighted by molar-refractivity contribution is -0.129. The first-order chi connectivity index (χ1) is 15.5. The fourth-order valence-corrected chi connectivity index (χ4v) is 4.31. The lowest BCUT2D eigenvalue weighted by Gasteiger charge is -2.32. The Morgan fingerprint density at radius 1 is 1.03 bits per heavy atom. The van der Waals surface area contributed by atoms with E-state index in [0.29, 0.717) is 17.0 Å². The Morgan fingerprint density at radius 3 is 2.62 bits per heavy atom. The van der Waals surface area contributed by atoms with Crippen LogP contribution >= 0.6 is 0 Å². The van der Waals surface area contributed by atoms with Gasteiger partial charge in [0.25, 0.3) is 0 Å². The molecule has 6 nitrogen and oxygen atoms in total. The van der Waals surface area contributed by atoms with Crippen molar-refractivity contribution in [3.8, 4) is 5.75 Å². The van der Waals surface area contributed by atoms with E-state index >= 15 is 0 Å². The summed E-state index contributed by atoms with van der Waals surface area (Å²) in [6.45, 7) is 1.50. The third-order valence-electron chi connectivity index (χ3n) is 5.82. The van der Waals surface area contributed by atoms with E-state index in [9.17, 15) is 9.59 Å². The van der Waals surface area contributed by atoms with Crippen molar-refractivity contribution in [1.29, 1.82) is 0 Å². The van der Waals surface area contributed by atoms with E-state index in [2.05, 4.69) is 5.32 Å². The fraction of sp³-hybridized carbons (Fsp3) is 0.154. The zero-order chi connectivity index (χ0) is 22.2. The molecule has 5 rings (SSSR count). The average Bonchev–Trinajstić information content (AvgIpc) is 3.15. The second kappa shape index (κ2) is 7.89. The first-order valence-electron chi connectivity index (χ1n) is 10.4. The van der Waals surface area contributed by atoms with Crippen molar-refractivity contribution in [2.75, 3.05) is 12.4 Å². The molecule has 0 aliphatic carbocycles. The van der Waals surface area contributed by atoms with Gasteiger partial charge in [-0.3, -0.25) is 9.59 Å². The number of hydrogen-bond acceptors (Lipinski definition) is 4. The molecule has 32 heavy (non-hydrogen) atoms. The summed E-state index contributed by atoms with van der Waals surface area (Å²) < 4.78 is 11.5. The van der Waals surface area contributed by atoms with Crippen LogP contribution in [0.2, 0.25) is 0 Å². The second-order valence-electron chi connectivity index (χ2n) is 7.79. The summed E-state index contributed by atoms with van der Waals surface area (Å²) in [6.07, 6.45) is 3.75. The second-order valence-corrected chi connectivity index (χ2v) is 7.79. The van der Waals surface area contributed by atoms with Crippen molar-refractivity contribution >= 4 is 45.5 Å². The molecule has 0 saturated heterocycles. The van der Waals surface area contributed by atoms with E-state index in [1.54, 1.807) is 24.3 Å². The van der Waals surface area contributed by atoms with Gasteiger partial charge in [0.15, 0.2) is 0 Å². The molecular formula is C26H22N2O4. The molecule has 0 unspecified atom stereocenters. The molecule has 1 atom stereocenters. The van der Waals surface area contributed by atoms with Gasteiger partial charge in [0.1, 0.15) is 16.9 Å². The largest absolute Gasteiger partial charge is 0.495 e. The number of hydrogen-bond donors (Lipinski definition) is 1. The number of fused-ring (bicyclic) bond motifs is 4. The Bertz CT molecular complexity index is 1390. The van der Waals surface area contributed by atoms with Gasteiger partial charge in [-0.25, -0.2) is 0 Å². The van der Waals surface area contributed by atoms with Crippen molar-refractivity contribution in [2.24, 2.45) is 0 Å². The monoisotopic (exact) mass is 426 g/mol. The number of ether oxygens (including phenoxy) is 1. The molecule has 6 heteroatoms. The highest BCUT2D eigenvalue weighted by Gasteiger charge is 2.28. The maximum Gasteiger partial charge on any atom is 0.226 e. The summed E-state index contributed by atoms with van der Waals surface area (Å²) in [6, 6.07) is 18.8. The van der Waals surface area contributed by atoms with Crippen molar-refractivity contribution in [1.82, 2.24) is 4.90 Å². The smallest absolute Gasteiger partial charge is 0.226 e. The number of nitrogens with one attached hydrogen (secondary N) is 1. The molecular weight excluding hydrogens is 404 g/mol. The summed E-state index contributed by atoms with van der Waals surface area (Å²) >= 11 is 0. The van der Waals surface area contributed by atoms with Gasteiger partial charge in [-0.15, -0.1) is 0 Å². The molecule has 1 aliphatic heterocycles. The van der Waals surface area contributed by atoms with Gasteiger partial charge in [0.2, 0.25) is 11.8 Å². The van der Waals surface area contributed by atoms with Crippen LogP contribution in [0.5, 0.6) is 5.75 Å².